The van der Waals surface area contributed by atoms with Crippen LogP contribution in [0.4, 0.5) is 5.69 Å². The van der Waals surface area contributed by atoms with E-state index in [1.807, 2.05) is 4.90 Å². The molecule has 8 nitrogen and oxygen atoms in total. The van der Waals surface area contributed by atoms with Crippen LogP contribution in [0.15, 0.2) is 28.4 Å². The molecule has 1 saturated carbocycles. The highest BCUT2D eigenvalue weighted by molar-refractivity contribution is 5.95. The standard InChI is InChI=1S/C13H13N7O/c14-18-16-5-8-1-9(4-12(2-8)17-19-15)13(21)20-6-10-3-11(10)7-20/h1-2,4,10-11H,3,5-7H2. The van der Waals surface area contributed by atoms with Gasteiger partial charge < -0.3 is 4.90 Å². The largest absolute Gasteiger partial charge is 0.338 e. The summed E-state index contributed by atoms with van der Waals surface area (Å²) in [5, 5.41) is 7.03. The maximum absolute atomic E-state index is 12.5. The van der Waals surface area contributed by atoms with Crippen molar-refractivity contribution in [3.05, 3.63) is 50.2 Å². The van der Waals surface area contributed by atoms with E-state index in [4.69, 9.17) is 11.1 Å². The number of benzene rings is 1. The summed E-state index contributed by atoms with van der Waals surface area (Å²) in [6, 6.07) is 4.88. The van der Waals surface area contributed by atoms with Gasteiger partial charge in [0, 0.05) is 34.2 Å². The minimum absolute atomic E-state index is 0.0561. The lowest BCUT2D eigenvalue weighted by atomic mass is 10.1. The minimum atomic E-state index is -0.0561. The third-order valence-corrected chi connectivity index (χ3v) is 3.97. The van der Waals surface area contributed by atoms with E-state index in [1.54, 1.807) is 18.2 Å². The molecule has 0 radical (unpaired) electrons. The quantitative estimate of drug-likeness (QED) is 0.469. The van der Waals surface area contributed by atoms with Crippen molar-refractivity contribution < 1.29 is 4.79 Å². The fourth-order valence-corrected chi connectivity index (χ4v) is 2.86. The van der Waals surface area contributed by atoms with Crippen LogP contribution in [-0.2, 0) is 6.54 Å². The van der Waals surface area contributed by atoms with Crippen molar-refractivity contribution in [1.29, 1.82) is 0 Å². The second kappa shape index (κ2) is 5.36. The minimum Gasteiger partial charge on any atom is -0.338 e. The summed E-state index contributed by atoms with van der Waals surface area (Å²) in [4.78, 5) is 19.8. The van der Waals surface area contributed by atoms with Gasteiger partial charge in [-0.25, -0.2) is 0 Å². The Hall–Kier alpha value is -2.69. The van der Waals surface area contributed by atoms with Crippen molar-refractivity contribution in [2.24, 2.45) is 22.1 Å². The summed E-state index contributed by atoms with van der Waals surface area (Å²) in [6.07, 6.45) is 1.23. The molecule has 1 amide bonds. The lowest BCUT2D eigenvalue weighted by Gasteiger charge is -2.18. The van der Waals surface area contributed by atoms with Crippen molar-refractivity contribution in [2.75, 3.05) is 13.1 Å². The van der Waals surface area contributed by atoms with Gasteiger partial charge in [-0.1, -0.05) is 10.2 Å². The summed E-state index contributed by atoms with van der Waals surface area (Å²) in [5.41, 5.74) is 18.4. The van der Waals surface area contributed by atoms with Gasteiger partial charge in [-0.15, -0.1) is 0 Å². The normalized spacial score (nSPS) is 22.0. The van der Waals surface area contributed by atoms with Crippen LogP contribution in [0.3, 0.4) is 0 Å². The number of fused-ring (bicyclic) bond motifs is 1. The zero-order valence-electron chi connectivity index (χ0n) is 11.3. The number of rotatable bonds is 4. The number of hydrogen-bond acceptors (Lipinski definition) is 3. The monoisotopic (exact) mass is 283 g/mol. The van der Waals surface area contributed by atoms with E-state index in [1.165, 1.54) is 6.42 Å². The first-order valence-corrected chi connectivity index (χ1v) is 6.70. The molecule has 0 N–H and O–H groups in total. The molecule has 1 aliphatic heterocycles. The second-order valence-corrected chi connectivity index (χ2v) is 5.43. The Morgan fingerprint density at radius 3 is 2.67 bits per heavy atom. The average Bonchev–Trinajstić information content (AvgIpc) is 3.10. The molecule has 2 unspecified atom stereocenters. The van der Waals surface area contributed by atoms with Crippen LogP contribution in [0, 0.1) is 11.8 Å². The molecule has 1 aromatic rings. The van der Waals surface area contributed by atoms with Gasteiger partial charge in [0.1, 0.15) is 0 Å². The molecular weight excluding hydrogens is 270 g/mol. The second-order valence-electron chi connectivity index (χ2n) is 5.43. The molecule has 1 aliphatic carbocycles. The molecule has 1 heterocycles. The van der Waals surface area contributed by atoms with Gasteiger partial charge in [0.25, 0.3) is 5.91 Å². The van der Waals surface area contributed by atoms with Gasteiger partial charge in [-0.3, -0.25) is 4.79 Å². The summed E-state index contributed by atoms with van der Waals surface area (Å²) in [6.45, 7) is 1.73. The van der Waals surface area contributed by atoms with Crippen molar-refractivity contribution in [3.8, 4) is 0 Å². The van der Waals surface area contributed by atoms with Crippen LogP contribution < -0.4 is 0 Å². The predicted octanol–water partition coefficient (Wildman–Crippen LogP) is 3.53. The van der Waals surface area contributed by atoms with Gasteiger partial charge in [0.15, 0.2) is 0 Å². The lowest BCUT2D eigenvalue weighted by molar-refractivity contribution is 0.0775. The molecule has 0 aromatic heterocycles. The molecule has 21 heavy (non-hydrogen) atoms. The maximum atomic E-state index is 12.5. The molecule has 8 heteroatoms. The SMILES string of the molecule is [N-]=[N+]=NCc1cc(N=[N+]=[N-])cc(C(=O)N2CC3CC3C2)c1. The summed E-state index contributed by atoms with van der Waals surface area (Å²) >= 11 is 0. The van der Waals surface area contributed by atoms with E-state index in [0.717, 1.165) is 13.1 Å². The third kappa shape index (κ3) is 2.76. The van der Waals surface area contributed by atoms with Crippen molar-refractivity contribution >= 4 is 11.6 Å². The Morgan fingerprint density at radius 2 is 2.00 bits per heavy atom. The zero-order chi connectivity index (χ0) is 14.8. The van der Waals surface area contributed by atoms with Gasteiger partial charge >= 0.3 is 0 Å². The lowest BCUT2D eigenvalue weighted by Crippen LogP contribution is -2.30. The van der Waals surface area contributed by atoms with Crippen LogP contribution in [0.2, 0.25) is 0 Å². The first kappa shape index (κ1) is 13.3. The molecule has 0 bridgehead atoms. The first-order valence-electron chi connectivity index (χ1n) is 6.70. The molecule has 106 valence electrons. The highest BCUT2D eigenvalue weighted by Crippen LogP contribution is 2.45. The summed E-state index contributed by atoms with van der Waals surface area (Å²) in [5.74, 6) is 1.27. The number of likely N-dealkylation sites (tertiary alicyclic amines) is 1. The van der Waals surface area contributed by atoms with Crippen molar-refractivity contribution in [1.82, 2.24) is 4.90 Å². The number of piperidine rings is 1. The van der Waals surface area contributed by atoms with Crippen LogP contribution >= 0.6 is 0 Å². The molecule has 2 fully saturated rings. The van der Waals surface area contributed by atoms with Gasteiger partial charge in [0.05, 0.1) is 6.54 Å². The van der Waals surface area contributed by atoms with Gasteiger partial charge in [-0.05, 0) is 53.1 Å². The molecule has 3 rings (SSSR count). The fourth-order valence-electron chi connectivity index (χ4n) is 2.86. The first-order chi connectivity index (χ1) is 10.2. The smallest absolute Gasteiger partial charge is 0.253 e. The number of hydrogen-bond donors (Lipinski definition) is 0. The fraction of sp³-hybridized carbons (Fsp3) is 0.462. The van der Waals surface area contributed by atoms with E-state index in [9.17, 15) is 4.79 Å². The van der Waals surface area contributed by atoms with E-state index < -0.39 is 0 Å². The molecule has 1 aromatic carbocycles. The molecule has 2 atom stereocenters. The molecular formula is C13H13N7O. The topological polar surface area (TPSA) is 118 Å². The number of nitrogens with zero attached hydrogens (tertiary/aromatic N) is 7. The molecule has 2 aliphatic rings. The van der Waals surface area contributed by atoms with Crippen LogP contribution in [-0.4, -0.2) is 23.9 Å². The summed E-state index contributed by atoms with van der Waals surface area (Å²) < 4.78 is 0. The molecule has 0 spiro atoms. The van der Waals surface area contributed by atoms with Crippen LogP contribution in [0.1, 0.15) is 22.3 Å². The third-order valence-electron chi connectivity index (χ3n) is 3.97. The van der Waals surface area contributed by atoms with E-state index in [2.05, 4.69) is 20.1 Å². The Morgan fingerprint density at radius 1 is 1.24 bits per heavy atom. The Balaban J connectivity index is 1.88. The zero-order valence-corrected chi connectivity index (χ0v) is 11.3. The van der Waals surface area contributed by atoms with Gasteiger partial charge in [-0.2, -0.15) is 0 Å². The Bertz CT molecular complexity index is 678. The number of carbonyl (C=O) groups excluding carboxylic acids is 1. The van der Waals surface area contributed by atoms with E-state index in [0.29, 0.717) is 28.7 Å². The maximum Gasteiger partial charge on any atom is 0.253 e. The van der Waals surface area contributed by atoms with Gasteiger partial charge in [0.2, 0.25) is 0 Å². The average molecular weight is 283 g/mol. The number of carbonyl (C=O) groups is 1. The van der Waals surface area contributed by atoms with Crippen molar-refractivity contribution in [2.45, 2.75) is 13.0 Å². The predicted molar refractivity (Wildman–Crippen MR) is 75.6 cm³/mol. The van der Waals surface area contributed by atoms with E-state index >= 15 is 0 Å². The Kier molecular flexibility index (Phi) is 3.39. The highest BCUT2D eigenvalue weighted by atomic mass is 16.2. The number of amides is 1. The van der Waals surface area contributed by atoms with Crippen LogP contribution in [0.5, 0.6) is 0 Å². The summed E-state index contributed by atoms with van der Waals surface area (Å²) in [7, 11) is 0. The molecule has 1 saturated heterocycles. The Labute approximate surface area is 120 Å². The highest BCUT2D eigenvalue weighted by Gasteiger charge is 2.46. The van der Waals surface area contributed by atoms with E-state index in [-0.39, 0.29) is 12.5 Å². The van der Waals surface area contributed by atoms with Crippen molar-refractivity contribution in [3.63, 3.8) is 0 Å². The number of azide groups is 2. The van der Waals surface area contributed by atoms with Crippen LogP contribution in [0.25, 0.3) is 20.9 Å².